The average Bonchev–Trinajstić information content (AvgIpc) is 2.22. The molecule has 0 heteroatoms. The van der Waals surface area contributed by atoms with Crippen molar-refractivity contribution < 1.29 is 0 Å². The smallest absolute Gasteiger partial charge is 0.00294 e. The van der Waals surface area contributed by atoms with Gasteiger partial charge in [-0.3, -0.25) is 0 Å². The van der Waals surface area contributed by atoms with Gasteiger partial charge >= 0.3 is 0 Å². The monoisotopic (exact) mass is 188 g/mol. The fraction of sp³-hybridized carbons (Fsp3) is 0.286. The Balaban J connectivity index is 4.52. The molecule has 0 fully saturated rings. The SMILES string of the molecule is C=C/C(=C\C=C/C)CC(/C=C\C)=C/C. The Hall–Kier alpha value is -1.30. The molecule has 0 rings (SSSR count). The molecule has 14 heavy (non-hydrogen) atoms. The molecule has 0 aliphatic carbocycles. The normalized spacial score (nSPS) is 14.2. The minimum absolute atomic E-state index is 0.953. The zero-order chi connectivity index (χ0) is 10.8. The molecule has 0 aromatic rings. The predicted octanol–water partition coefficient (Wildman–Crippen LogP) is 4.59. The molecule has 0 heterocycles. The predicted molar refractivity (Wildman–Crippen MR) is 66.3 cm³/mol. The Morgan fingerprint density at radius 2 is 1.79 bits per heavy atom. The first kappa shape index (κ1) is 12.7. The lowest BCUT2D eigenvalue weighted by Crippen LogP contribution is -1.82. The molecule has 0 aromatic carbocycles. The zero-order valence-corrected chi connectivity index (χ0v) is 9.46. The van der Waals surface area contributed by atoms with Crippen molar-refractivity contribution in [1.82, 2.24) is 0 Å². The van der Waals surface area contributed by atoms with Crippen LogP contribution in [-0.4, -0.2) is 0 Å². The molecule has 0 aliphatic rings. The summed E-state index contributed by atoms with van der Waals surface area (Å²) < 4.78 is 0. The van der Waals surface area contributed by atoms with E-state index in [1.807, 2.05) is 32.1 Å². The molecule has 0 atom stereocenters. The molecule has 0 N–H and O–H groups in total. The van der Waals surface area contributed by atoms with Crippen LogP contribution in [-0.2, 0) is 0 Å². The first-order valence-electron chi connectivity index (χ1n) is 5.00. The molecule has 0 bridgehead atoms. The van der Waals surface area contributed by atoms with Gasteiger partial charge in [0, 0.05) is 0 Å². The Morgan fingerprint density at radius 1 is 1.07 bits per heavy atom. The summed E-state index contributed by atoms with van der Waals surface area (Å²) in [6.07, 6.45) is 15.3. The highest BCUT2D eigenvalue weighted by Crippen LogP contribution is 2.13. The molecule has 0 unspecified atom stereocenters. The summed E-state index contributed by atoms with van der Waals surface area (Å²) in [5, 5.41) is 0. The van der Waals surface area contributed by atoms with Crippen molar-refractivity contribution in [3.05, 3.63) is 60.3 Å². The molecular weight excluding hydrogens is 168 g/mol. The second kappa shape index (κ2) is 8.31. The van der Waals surface area contributed by atoms with Crippen molar-refractivity contribution in [2.75, 3.05) is 0 Å². The van der Waals surface area contributed by atoms with Gasteiger partial charge in [-0.25, -0.2) is 0 Å². The van der Waals surface area contributed by atoms with Gasteiger partial charge in [-0.2, -0.15) is 0 Å². The maximum absolute atomic E-state index is 3.81. The van der Waals surface area contributed by atoms with Gasteiger partial charge in [-0.15, -0.1) is 0 Å². The van der Waals surface area contributed by atoms with Crippen molar-refractivity contribution in [1.29, 1.82) is 0 Å². The first-order valence-corrected chi connectivity index (χ1v) is 5.00. The number of allylic oxidation sites excluding steroid dienone is 9. The van der Waals surface area contributed by atoms with Gasteiger partial charge in [-0.05, 0) is 38.3 Å². The van der Waals surface area contributed by atoms with Gasteiger partial charge in [0.1, 0.15) is 0 Å². The summed E-state index contributed by atoms with van der Waals surface area (Å²) in [7, 11) is 0. The maximum atomic E-state index is 3.81. The van der Waals surface area contributed by atoms with Crippen LogP contribution in [0.15, 0.2) is 60.3 Å². The summed E-state index contributed by atoms with van der Waals surface area (Å²) in [6, 6.07) is 0. The van der Waals surface area contributed by atoms with Crippen molar-refractivity contribution in [2.45, 2.75) is 27.2 Å². The Kier molecular flexibility index (Phi) is 7.53. The molecule has 0 radical (unpaired) electrons. The molecule has 0 aromatic heterocycles. The minimum Gasteiger partial charge on any atom is -0.0988 e. The quantitative estimate of drug-likeness (QED) is 0.554. The molecule has 0 saturated carbocycles. The Bertz CT molecular complexity index is 272. The second-order valence-corrected chi connectivity index (χ2v) is 3.01. The summed E-state index contributed by atoms with van der Waals surface area (Å²) in [4.78, 5) is 0. The Morgan fingerprint density at radius 3 is 2.21 bits per heavy atom. The topological polar surface area (TPSA) is 0 Å². The number of hydrogen-bond donors (Lipinski definition) is 0. The lowest BCUT2D eigenvalue weighted by atomic mass is 10.0. The third kappa shape index (κ3) is 5.36. The largest absolute Gasteiger partial charge is 0.0988 e. The molecule has 0 nitrogen and oxygen atoms in total. The van der Waals surface area contributed by atoms with Gasteiger partial charge in [0.25, 0.3) is 0 Å². The van der Waals surface area contributed by atoms with Crippen LogP contribution in [0, 0.1) is 0 Å². The molecule has 76 valence electrons. The second-order valence-electron chi connectivity index (χ2n) is 3.01. The standard InChI is InChI=1S/C14H20/c1-5-9-11-14(8-4)12-13(7-3)10-6-2/h5-11H,4,12H2,1-3H3/b9-5-,10-6-,13-7+,14-11+. The van der Waals surface area contributed by atoms with E-state index in [2.05, 4.69) is 37.8 Å². The molecule has 0 aliphatic heterocycles. The third-order valence-electron chi connectivity index (χ3n) is 1.92. The van der Waals surface area contributed by atoms with Crippen molar-refractivity contribution in [3.63, 3.8) is 0 Å². The highest BCUT2D eigenvalue weighted by atomic mass is 14.0. The van der Waals surface area contributed by atoms with Crippen LogP contribution >= 0.6 is 0 Å². The van der Waals surface area contributed by atoms with Gasteiger partial charge in [-0.1, -0.05) is 49.1 Å². The number of hydrogen-bond acceptors (Lipinski definition) is 0. The summed E-state index contributed by atoms with van der Waals surface area (Å²) >= 11 is 0. The third-order valence-corrected chi connectivity index (χ3v) is 1.92. The van der Waals surface area contributed by atoms with E-state index in [1.54, 1.807) is 0 Å². The van der Waals surface area contributed by atoms with Gasteiger partial charge in [0.15, 0.2) is 0 Å². The van der Waals surface area contributed by atoms with E-state index in [0.717, 1.165) is 6.42 Å². The lowest BCUT2D eigenvalue weighted by Gasteiger charge is -2.01. The minimum atomic E-state index is 0.953. The van der Waals surface area contributed by atoms with E-state index >= 15 is 0 Å². The van der Waals surface area contributed by atoms with E-state index < -0.39 is 0 Å². The van der Waals surface area contributed by atoms with E-state index in [4.69, 9.17) is 0 Å². The van der Waals surface area contributed by atoms with E-state index in [1.165, 1.54) is 11.1 Å². The van der Waals surface area contributed by atoms with E-state index in [0.29, 0.717) is 0 Å². The van der Waals surface area contributed by atoms with Crippen LogP contribution in [0.5, 0.6) is 0 Å². The maximum Gasteiger partial charge on any atom is -0.00294 e. The van der Waals surface area contributed by atoms with Crippen molar-refractivity contribution in [3.8, 4) is 0 Å². The highest BCUT2D eigenvalue weighted by molar-refractivity contribution is 5.31. The van der Waals surface area contributed by atoms with E-state index in [9.17, 15) is 0 Å². The zero-order valence-electron chi connectivity index (χ0n) is 9.46. The highest BCUT2D eigenvalue weighted by Gasteiger charge is 1.93. The van der Waals surface area contributed by atoms with Crippen LogP contribution in [0.25, 0.3) is 0 Å². The van der Waals surface area contributed by atoms with Crippen molar-refractivity contribution in [2.24, 2.45) is 0 Å². The Labute approximate surface area is 88.0 Å². The fourth-order valence-corrected chi connectivity index (χ4v) is 1.13. The summed E-state index contributed by atoms with van der Waals surface area (Å²) in [5.41, 5.74) is 2.57. The van der Waals surface area contributed by atoms with Gasteiger partial charge in [0.05, 0.1) is 0 Å². The number of rotatable bonds is 5. The van der Waals surface area contributed by atoms with Crippen LogP contribution in [0.4, 0.5) is 0 Å². The lowest BCUT2D eigenvalue weighted by molar-refractivity contribution is 1.20. The average molecular weight is 188 g/mol. The molecule has 0 saturated heterocycles. The van der Waals surface area contributed by atoms with Crippen LogP contribution in [0.1, 0.15) is 27.2 Å². The van der Waals surface area contributed by atoms with Gasteiger partial charge in [0.2, 0.25) is 0 Å². The van der Waals surface area contributed by atoms with Crippen LogP contribution in [0.3, 0.4) is 0 Å². The van der Waals surface area contributed by atoms with Crippen LogP contribution < -0.4 is 0 Å². The van der Waals surface area contributed by atoms with E-state index in [-0.39, 0.29) is 0 Å². The molecule has 0 amide bonds. The molecule has 0 spiro atoms. The van der Waals surface area contributed by atoms with Crippen molar-refractivity contribution >= 4 is 0 Å². The van der Waals surface area contributed by atoms with Crippen LogP contribution in [0.2, 0.25) is 0 Å². The summed E-state index contributed by atoms with van der Waals surface area (Å²) in [5.74, 6) is 0. The first-order chi connectivity index (χ1) is 6.78. The fourth-order valence-electron chi connectivity index (χ4n) is 1.13. The summed E-state index contributed by atoms with van der Waals surface area (Å²) in [6.45, 7) is 9.92. The van der Waals surface area contributed by atoms with Gasteiger partial charge < -0.3 is 0 Å². The molecular formula is C14H20.